The van der Waals surface area contributed by atoms with Crippen LogP contribution in [0.4, 0.5) is 0 Å². The highest BCUT2D eigenvalue weighted by Gasteiger charge is 2.42. The number of β-amino-alcohol motifs (C(OH)–C–C–N with tert-alkyl or cyclic N) is 1. The number of para-hydroxylation sites is 1. The molecule has 7 N–H and O–H groups in total. The summed E-state index contributed by atoms with van der Waals surface area (Å²) in [5, 5.41) is 21.4. The number of carbonyl (C=O) groups is 4. The smallest absolute Gasteiger partial charge is 0.270 e. The molecule has 5 rings (SSSR count). The molecule has 4 amide bonds. The molecule has 0 spiro atoms. The molecule has 2 aliphatic rings. The summed E-state index contributed by atoms with van der Waals surface area (Å²) in [6.07, 6.45) is 4.75. The van der Waals surface area contributed by atoms with Crippen molar-refractivity contribution in [3.8, 4) is 0 Å². The summed E-state index contributed by atoms with van der Waals surface area (Å²) in [6.45, 7) is 6.73. The molecule has 0 radical (unpaired) electrons. The minimum atomic E-state index is -3.67. The molecule has 1 aliphatic heterocycles. The molecule has 2 aromatic carbocycles. The first kappa shape index (κ1) is 42.3. The summed E-state index contributed by atoms with van der Waals surface area (Å²) in [5.74, 6) is -1.20. The molecular weight excluding hydrogens is 713 g/mol. The van der Waals surface area contributed by atoms with Crippen LogP contribution >= 0.6 is 0 Å². The van der Waals surface area contributed by atoms with Crippen molar-refractivity contribution in [1.82, 2.24) is 25.8 Å². The van der Waals surface area contributed by atoms with Gasteiger partial charge >= 0.3 is 0 Å². The fourth-order valence-corrected chi connectivity index (χ4v) is 7.26. The molecular formula is C39H54N6O8S. The average molecular weight is 767 g/mol. The van der Waals surface area contributed by atoms with E-state index >= 15 is 0 Å². The van der Waals surface area contributed by atoms with Crippen LogP contribution in [0.15, 0.2) is 66.7 Å². The molecule has 1 aromatic heterocycles. The molecule has 14 nitrogen and oxygen atoms in total. The topological polar surface area (TPSA) is 221 Å². The van der Waals surface area contributed by atoms with E-state index in [9.17, 15) is 32.7 Å². The Hall–Kier alpha value is -4.44. The van der Waals surface area contributed by atoms with Gasteiger partial charge in [0.15, 0.2) is 0 Å². The SMILES string of the molecule is CC(C)(C)NC(=O)[C@H]1C[C@H]2CCCC[C@@H]2CN1C[C@@H](O)[C@H](Cc1ccccc1)NC(=O)[C@H](CC(N)=O)NC(=O)c1ccc2ccccc2n1.CS(=O)(=O)O. The van der Waals surface area contributed by atoms with Crippen LogP contribution in [0, 0.1) is 11.8 Å². The predicted octanol–water partition coefficient (Wildman–Crippen LogP) is 2.60. The Morgan fingerprint density at radius 3 is 2.22 bits per heavy atom. The van der Waals surface area contributed by atoms with E-state index < -0.39 is 64.0 Å². The van der Waals surface area contributed by atoms with Crippen LogP contribution in [-0.2, 0) is 30.9 Å². The van der Waals surface area contributed by atoms with Crippen LogP contribution in [0.1, 0.15) is 75.3 Å². The van der Waals surface area contributed by atoms with Gasteiger partial charge in [0.25, 0.3) is 16.0 Å². The number of nitrogens with one attached hydrogen (secondary N) is 3. The summed E-state index contributed by atoms with van der Waals surface area (Å²) >= 11 is 0. The summed E-state index contributed by atoms with van der Waals surface area (Å²) < 4.78 is 25.9. The fraction of sp³-hybridized carbons (Fsp3) is 0.513. The Bertz CT molecular complexity index is 1860. The lowest BCUT2D eigenvalue weighted by molar-refractivity contribution is -0.133. The number of piperidine rings is 1. The second-order valence-corrected chi connectivity index (χ2v) is 16.9. The maximum atomic E-state index is 13.8. The average Bonchev–Trinajstić information content (AvgIpc) is 3.09. The standard InChI is InChI=1S/C38H50N6O5.CH4O3S/c1-38(2,3)43-37(49)32-20-26-14-7-8-15-27(26)22-44(32)23-33(45)30(19-24-11-5-4-6-12-24)41-36(48)31(21-34(39)46)42-35(47)29-18-17-25-13-9-10-16-28(25)40-29;1-5(2,3)4/h4-6,9-13,16-18,26-27,30-33,45H,7-8,14-15,19-23H2,1-3H3,(H2,39,46)(H,41,48)(H,42,47)(H,43,49);1H3,(H,2,3,4)/t26-,27-,30+,31+,32-,33-;/m1./s1. The van der Waals surface area contributed by atoms with Gasteiger partial charge in [0.1, 0.15) is 11.7 Å². The van der Waals surface area contributed by atoms with Gasteiger partial charge in [-0.25, -0.2) is 4.98 Å². The van der Waals surface area contributed by atoms with E-state index in [1.54, 1.807) is 18.2 Å². The molecule has 2 heterocycles. The van der Waals surface area contributed by atoms with Crippen LogP contribution in [0.3, 0.4) is 0 Å². The zero-order chi connectivity index (χ0) is 39.6. The summed E-state index contributed by atoms with van der Waals surface area (Å²) in [6, 6.07) is 17.6. The predicted molar refractivity (Wildman–Crippen MR) is 206 cm³/mol. The van der Waals surface area contributed by atoms with Crippen LogP contribution in [0.5, 0.6) is 0 Å². The number of primary amides is 1. The second-order valence-electron chi connectivity index (χ2n) is 15.4. The number of hydrogen-bond acceptors (Lipinski definition) is 9. The van der Waals surface area contributed by atoms with Gasteiger partial charge in [0.05, 0.1) is 36.4 Å². The third kappa shape index (κ3) is 13.4. The molecule has 294 valence electrons. The third-order valence-electron chi connectivity index (χ3n) is 9.67. The number of aliphatic hydroxyl groups excluding tert-OH is 1. The van der Waals surface area contributed by atoms with E-state index in [-0.39, 0.29) is 24.6 Å². The first-order chi connectivity index (χ1) is 25.4. The van der Waals surface area contributed by atoms with Gasteiger partial charge in [-0.1, -0.05) is 73.9 Å². The highest BCUT2D eigenvalue weighted by atomic mass is 32.2. The van der Waals surface area contributed by atoms with Gasteiger partial charge in [-0.15, -0.1) is 0 Å². The number of aromatic nitrogens is 1. The van der Waals surface area contributed by atoms with Crippen molar-refractivity contribution in [1.29, 1.82) is 0 Å². The maximum Gasteiger partial charge on any atom is 0.270 e. The largest absolute Gasteiger partial charge is 0.390 e. The van der Waals surface area contributed by atoms with E-state index in [4.69, 9.17) is 10.3 Å². The molecule has 1 saturated heterocycles. The summed E-state index contributed by atoms with van der Waals surface area (Å²) in [4.78, 5) is 59.3. The molecule has 1 aliphatic carbocycles. The number of fused-ring (bicyclic) bond motifs is 2. The van der Waals surface area contributed by atoms with Gasteiger partial charge in [0.2, 0.25) is 17.7 Å². The minimum absolute atomic E-state index is 0.0566. The van der Waals surface area contributed by atoms with E-state index in [1.807, 2.05) is 69.3 Å². The number of carbonyl (C=O) groups excluding carboxylic acids is 4. The molecule has 15 heteroatoms. The number of aliphatic hydroxyl groups is 1. The number of amides is 4. The quantitative estimate of drug-likeness (QED) is 0.148. The van der Waals surface area contributed by atoms with Crippen LogP contribution in [-0.4, -0.2) is 101 Å². The number of pyridine rings is 1. The maximum absolute atomic E-state index is 13.8. The molecule has 6 atom stereocenters. The number of hydrogen-bond donors (Lipinski definition) is 6. The Labute approximate surface area is 317 Å². The van der Waals surface area contributed by atoms with E-state index in [0.717, 1.165) is 36.6 Å². The highest BCUT2D eigenvalue weighted by molar-refractivity contribution is 7.85. The van der Waals surface area contributed by atoms with E-state index in [1.165, 1.54) is 6.42 Å². The zero-order valence-electron chi connectivity index (χ0n) is 31.4. The lowest BCUT2D eigenvalue weighted by Crippen LogP contribution is -2.61. The van der Waals surface area contributed by atoms with Crippen LogP contribution in [0.25, 0.3) is 10.9 Å². The molecule has 0 unspecified atom stereocenters. The number of nitrogens with zero attached hydrogens (tertiary/aromatic N) is 2. The first-order valence-corrected chi connectivity index (χ1v) is 20.2. The van der Waals surface area contributed by atoms with Gasteiger partial charge < -0.3 is 26.8 Å². The zero-order valence-corrected chi connectivity index (χ0v) is 32.2. The summed E-state index contributed by atoms with van der Waals surface area (Å²) in [7, 11) is -3.67. The summed E-state index contributed by atoms with van der Waals surface area (Å²) in [5.41, 5.74) is 6.70. The van der Waals surface area contributed by atoms with Crippen LogP contribution in [0.2, 0.25) is 0 Å². The van der Waals surface area contributed by atoms with Gasteiger partial charge in [-0.05, 0) is 69.6 Å². The monoisotopic (exact) mass is 766 g/mol. The van der Waals surface area contributed by atoms with Gasteiger partial charge in [0, 0.05) is 24.0 Å². The number of rotatable bonds is 12. The highest BCUT2D eigenvalue weighted by Crippen LogP contribution is 2.39. The molecule has 1 saturated carbocycles. The van der Waals surface area contributed by atoms with Crippen molar-refractivity contribution >= 4 is 44.6 Å². The van der Waals surface area contributed by atoms with Crippen LogP contribution < -0.4 is 21.7 Å². The van der Waals surface area contributed by atoms with Crippen molar-refractivity contribution in [3.05, 3.63) is 78.0 Å². The number of nitrogens with two attached hydrogens (primary N) is 1. The van der Waals surface area contributed by atoms with E-state index in [2.05, 4.69) is 25.8 Å². The van der Waals surface area contributed by atoms with Crippen molar-refractivity contribution in [2.24, 2.45) is 17.6 Å². The van der Waals surface area contributed by atoms with Crippen molar-refractivity contribution in [2.75, 3.05) is 19.3 Å². The Morgan fingerprint density at radius 2 is 1.57 bits per heavy atom. The minimum Gasteiger partial charge on any atom is -0.390 e. The Morgan fingerprint density at radius 1 is 0.944 bits per heavy atom. The molecule has 2 fully saturated rings. The molecule has 54 heavy (non-hydrogen) atoms. The van der Waals surface area contributed by atoms with Gasteiger partial charge in [-0.3, -0.25) is 28.6 Å². The lowest BCUT2D eigenvalue weighted by Gasteiger charge is -2.47. The Balaban J connectivity index is 0.00000122. The molecule has 3 aromatic rings. The van der Waals surface area contributed by atoms with Crippen molar-refractivity contribution in [2.45, 2.75) is 95.5 Å². The van der Waals surface area contributed by atoms with Crippen molar-refractivity contribution < 1.29 is 37.3 Å². The number of benzene rings is 2. The normalized spacial score (nSPS) is 20.6. The third-order valence-corrected chi connectivity index (χ3v) is 9.67. The Kier molecular flexibility index (Phi) is 14.7. The molecule has 0 bridgehead atoms. The number of likely N-dealkylation sites (tertiary alicyclic amines) is 1. The van der Waals surface area contributed by atoms with E-state index in [0.29, 0.717) is 30.2 Å². The lowest BCUT2D eigenvalue weighted by atomic mass is 9.72. The fourth-order valence-electron chi connectivity index (χ4n) is 7.26. The first-order valence-electron chi connectivity index (χ1n) is 18.3. The van der Waals surface area contributed by atoms with Crippen molar-refractivity contribution in [3.63, 3.8) is 0 Å². The van der Waals surface area contributed by atoms with Gasteiger partial charge in [-0.2, -0.15) is 8.42 Å². The second kappa shape index (κ2) is 18.7.